The summed E-state index contributed by atoms with van der Waals surface area (Å²) in [6.45, 7) is 3.81. The highest BCUT2D eigenvalue weighted by molar-refractivity contribution is 6.09. The summed E-state index contributed by atoms with van der Waals surface area (Å²) < 4.78 is 11.2. The lowest BCUT2D eigenvalue weighted by Crippen LogP contribution is -2.49. The van der Waals surface area contributed by atoms with Gasteiger partial charge in [-0.25, -0.2) is 4.79 Å². The molecule has 3 aliphatic heterocycles. The van der Waals surface area contributed by atoms with E-state index < -0.39 is 17.5 Å². The molecule has 3 atom stereocenters. The quantitative estimate of drug-likeness (QED) is 0.748. The van der Waals surface area contributed by atoms with Crippen LogP contribution in [0.1, 0.15) is 44.6 Å². The van der Waals surface area contributed by atoms with Gasteiger partial charge in [0.25, 0.3) is 5.91 Å². The second kappa shape index (κ2) is 7.73. The first-order valence-corrected chi connectivity index (χ1v) is 11.3. The Labute approximate surface area is 181 Å². The summed E-state index contributed by atoms with van der Waals surface area (Å²) in [5.74, 6) is 1.87. The van der Waals surface area contributed by atoms with E-state index in [0.717, 1.165) is 17.9 Å². The second-order valence-electron chi connectivity index (χ2n) is 9.24. The normalized spacial score (nSPS) is 30.1. The van der Waals surface area contributed by atoms with Crippen LogP contribution in [0.2, 0.25) is 0 Å². The number of imide groups is 1. The number of amides is 4. The van der Waals surface area contributed by atoms with E-state index >= 15 is 0 Å². The molecule has 1 N–H and O–H groups in total. The zero-order chi connectivity index (χ0) is 21.6. The van der Waals surface area contributed by atoms with Gasteiger partial charge in [0, 0.05) is 13.1 Å². The summed E-state index contributed by atoms with van der Waals surface area (Å²) in [6, 6.07) is 4.69. The first-order chi connectivity index (χ1) is 15.0. The van der Waals surface area contributed by atoms with Crippen molar-refractivity contribution in [2.75, 3.05) is 32.8 Å². The number of fused-ring (bicyclic) bond motifs is 2. The maximum Gasteiger partial charge on any atom is 0.325 e. The third-order valence-electron chi connectivity index (χ3n) is 7.33. The first-order valence-electron chi connectivity index (χ1n) is 11.3. The molecule has 2 saturated heterocycles. The molecule has 5 rings (SSSR count). The number of hydrogen-bond donors (Lipinski definition) is 1. The van der Waals surface area contributed by atoms with Crippen LogP contribution in [-0.4, -0.2) is 60.5 Å². The van der Waals surface area contributed by atoms with Crippen molar-refractivity contribution in [2.24, 2.45) is 11.8 Å². The summed E-state index contributed by atoms with van der Waals surface area (Å²) in [5, 5.41) is 2.78. The van der Waals surface area contributed by atoms with Gasteiger partial charge in [-0.15, -0.1) is 0 Å². The molecular formula is C23H29N3O5. The molecule has 3 heterocycles. The number of likely N-dealkylation sites (tertiary alicyclic amines) is 1. The minimum Gasteiger partial charge on any atom is -0.486 e. The van der Waals surface area contributed by atoms with Crippen LogP contribution in [0, 0.1) is 11.8 Å². The Hall–Kier alpha value is -2.77. The molecule has 0 aromatic heterocycles. The van der Waals surface area contributed by atoms with E-state index in [0.29, 0.717) is 48.7 Å². The van der Waals surface area contributed by atoms with Crippen LogP contribution in [0.15, 0.2) is 18.2 Å². The fraction of sp³-hybridized carbons (Fsp3) is 0.609. The van der Waals surface area contributed by atoms with Gasteiger partial charge < -0.3 is 19.7 Å². The fourth-order valence-electron chi connectivity index (χ4n) is 5.45. The molecule has 166 valence electrons. The molecular weight excluding hydrogens is 398 g/mol. The highest BCUT2D eigenvalue weighted by atomic mass is 16.6. The van der Waals surface area contributed by atoms with Crippen molar-refractivity contribution in [2.45, 2.75) is 44.6 Å². The number of carbonyl (C=O) groups is 3. The third-order valence-corrected chi connectivity index (χ3v) is 7.33. The van der Waals surface area contributed by atoms with Gasteiger partial charge in [-0.1, -0.05) is 25.3 Å². The van der Waals surface area contributed by atoms with Gasteiger partial charge >= 0.3 is 6.03 Å². The molecule has 1 aromatic carbocycles. The predicted octanol–water partition coefficient (Wildman–Crippen LogP) is 2.26. The molecule has 0 radical (unpaired) electrons. The molecule has 31 heavy (non-hydrogen) atoms. The van der Waals surface area contributed by atoms with Crippen molar-refractivity contribution in [3.63, 3.8) is 0 Å². The van der Waals surface area contributed by atoms with Crippen LogP contribution in [-0.2, 0) is 15.1 Å². The maximum atomic E-state index is 13.3. The van der Waals surface area contributed by atoms with E-state index in [9.17, 15) is 14.4 Å². The molecule has 3 fully saturated rings. The third kappa shape index (κ3) is 3.51. The van der Waals surface area contributed by atoms with E-state index in [1.54, 1.807) is 25.1 Å². The highest BCUT2D eigenvalue weighted by Crippen LogP contribution is 2.38. The summed E-state index contributed by atoms with van der Waals surface area (Å²) in [5.41, 5.74) is -0.642. The molecule has 4 amide bonds. The second-order valence-corrected chi connectivity index (χ2v) is 9.24. The average molecular weight is 428 g/mol. The molecule has 0 unspecified atom stereocenters. The van der Waals surface area contributed by atoms with Crippen LogP contribution in [0.4, 0.5) is 4.79 Å². The van der Waals surface area contributed by atoms with Crippen LogP contribution in [0.25, 0.3) is 0 Å². The summed E-state index contributed by atoms with van der Waals surface area (Å²) >= 11 is 0. The van der Waals surface area contributed by atoms with Gasteiger partial charge in [0.2, 0.25) is 5.91 Å². The molecule has 1 aliphatic carbocycles. The van der Waals surface area contributed by atoms with Crippen molar-refractivity contribution in [1.82, 2.24) is 15.1 Å². The van der Waals surface area contributed by atoms with Crippen LogP contribution < -0.4 is 14.8 Å². The van der Waals surface area contributed by atoms with Gasteiger partial charge in [0.1, 0.15) is 25.3 Å². The fourth-order valence-corrected chi connectivity index (χ4v) is 5.45. The number of benzene rings is 1. The van der Waals surface area contributed by atoms with Gasteiger partial charge in [-0.3, -0.25) is 14.5 Å². The van der Waals surface area contributed by atoms with E-state index in [1.807, 2.05) is 4.90 Å². The number of rotatable bonds is 3. The molecule has 8 nitrogen and oxygen atoms in total. The monoisotopic (exact) mass is 427 g/mol. The number of piperidine rings is 1. The number of carbonyl (C=O) groups excluding carboxylic acids is 3. The largest absolute Gasteiger partial charge is 0.486 e. The van der Waals surface area contributed by atoms with E-state index in [1.165, 1.54) is 25.7 Å². The zero-order valence-electron chi connectivity index (χ0n) is 17.9. The Morgan fingerprint density at radius 3 is 2.65 bits per heavy atom. The summed E-state index contributed by atoms with van der Waals surface area (Å²) in [7, 11) is 0. The lowest BCUT2D eigenvalue weighted by molar-refractivity contribution is -0.140. The molecule has 0 spiro atoms. The first kappa shape index (κ1) is 20.2. The van der Waals surface area contributed by atoms with Crippen molar-refractivity contribution < 1.29 is 23.9 Å². The Kier molecular flexibility index (Phi) is 5.02. The number of urea groups is 1. The lowest BCUT2D eigenvalue weighted by Gasteiger charge is -2.41. The standard InChI is InChI=1S/C23H29N3O5/c1-23(17-6-7-18-19(12-17)31-11-10-30-18)21(28)26(22(29)24-23)14-20(27)25-9-8-15-4-2-3-5-16(15)13-25/h6-7,12,15-16H,2-5,8-11,13-14H2,1H3,(H,24,29)/t15-,16+,23+/m0/s1. The number of ether oxygens (including phenoxy) is 2. The Balaban J connectivity index is 1.29. The lowest BCUT2D eigenvalue weighted by atomic mass is 9.75. The zero-order valence-corrected chi connectivity index (χ0v) is 17.9. The van der Waals surface area contributed by atoms with Crippen molar-refractivity contribution in [3.8, 4) is 11.5 Å². The summed E-state index contributed by atoms with van der Waals surface area (Å²) in [6.07, 6.45) is 5.96. The predicted molar refractivity (Wildman–Crippen MR) is 112 cm³/mol. The van der Waals surface area contributed by atoms with Gasteiger partial charge in [-0.05, 0) is 49.3 Å². The summed E-state index contributed by atoms with van der Waals surface area (Å²) in [4.78, 5) is 41.8. The number of nitrogens with one attached hydrogen (secondary N) is 1. The highest BCUT2D eigenvalue weighted by Gasteiger charge is 2.50. The van der Waals surface area contributed by atoms with Gasteiger partial charge in [0.05, 0.1) is 0 Å². The van der Waals surface area contributed by atoms with Crippen LogP contribution in [0.5, 0.6) is 11.5 Å². The maximum absolute atomic E-state index is 13.3. The Morgan fingerprint density at radius 1 is 1.10 bits per heavy atom. The minimum absolute atomic E-state index is 0.154. The average Bonchev–Trinajstić information content (AvgIpc) is 3.02. The Bertz CT molecular complexity index is 918. The van der Waals surface area contributed by atoms with Crippen molar-refractivity contribution in [1.29, 1.82) is 0 Å². The van der Waals surface area contributed by atoms with Crippen molar-refractivity contribution >= 4 is 17.8 Å². The Morgan fingerprint density at radius 2 is 1.84 bits per heavy atom. The van der Waals surface area contributed by atoms with Gasteiger partial charge in [0.15, 0.2) is 11.5 Å². The molecule has 1 saturated carbocycles. The number of hydrogen-bond acceptors (Lipinski definition) is 5. The smallest absolute Gasteiger partial charge is 0.325 e. The van der Waals surface area contributed by atoms with Gasteiger partial charge in [-0.2, -0.15) is 0 Å². The van der Waals surface area contributed by atoms with E-state index in [4.69, 9.17) is 9.47 Å². The molecule has 4 aliphatic rings. The van der Waals surface area contributed by atoms with E-state index in [2.05, 4.69) is 5.32 Å². The van der Waals surface area contributed by atoms with E-state index in [-0.39, 0.29) is 12.5 Å². The SMILES string of the molecule is C[C@]1(c2ccc3c(c2)OCCO3)NC(=O)N(CC(=O)N2CC[C@@H]3CCCC[C@@H]3C2)C1=O. The van der Waals surface area contributed by atoms with Crippen molar-refractivity contribution in [3.05, 3.63) is 23.8 Å². The minimum atomic E-state index is -1.25. The molecule has 1 aromatic rings. The number of nitrogens with zero attached hydrogens (tertiary/aromatic N) is 2. The van der Waals surface area contributed by atoms with Crippen LogP contribution >= 0.6 is 0 Å². The topological polar surface area (TPSA) is 88.2 Å². The molecule has 0 bridgehead atoms. The molecule has 8 heteroatoms. The van der Waals surface area contributed by atoms with Crippen LogP contribution in [0.3, 0.4) is 0 Å².